The Morgan fingerprint density at radius 1 is 0.909 bits per heavy atom. The zero-order valence-corrected chi connectivity index (χ0v) is 11.3. The maximum Gasteiger partial charge on any atom is 0.450 e. The molecule has 2 aromatic carbocycles. The molecule has 0 saturated carbocycles. The van der Waals surface area contributed by atoms with E-state index in [1.54, 1.807) is 0 Å². The predicted octanol–water partition coefficient (Wildman–Crippen LogP) is 3.56. The van der Waals surface area contributed by atoms with E-state index in [1.165, 1.54) is 48.5 Å². The highest BCUT2D eigenvalue weighted by Gasteiger charge is 2.43. The Labute approximate surface area is 124 Å². The molecule has 3 nitrogen and oxygen atoms in total. The quantitative estimate of drug-likeness (QED) is 0.908. The van der Waals surface area contributed by atoms with Crippen molar-refractivity contribution in [1.29, 1.82) is 0 Å². The molecule has 0 bridgehead atoms. The molecule has 2 N–H and O–H groups in total. The van der Waals surface area contributed by atoms with Crippen molar-refractivity contribution in [3.8, 4) is 11.5 Å². The highest BCUT2D eigenvalue weighted by molar-refractivity contribution is 5.90. The summed E-state index contributed by atoms with van der Waals surface area (Å²) in [7, 11) is 0. The van der Waals surface area contributed by atoms with Crippen LogP contribution in [0.3, 0.4) is 0 Å². The average Bonchev–Trinajstić information content (AvgIpc) is 2.46. The fourth-order valence-electron chi connectivity index (χ4n) is 2.13. The summed E-state index contributed by atoms with van der Waals surface area (Å²) in [6, 6.07) is 10.7. The van der Waals surface area contributed by atoms with Crippen LogP contribution in [0.4, 0.5) is 13.2 Å². The van der Waals surface area contributed by atoms with Gasteiger partial charge in [0.1, 0.15) is 11.5 Å². The first-order chi connectivity index (χ1) is 10.3. The normalized spacial score (nSPS) is 12.9. The number of halogens is 3. The number of carbonyl (C=O) groups excluding carboxylic acids is 1. The number of carbonyl (C=O) groups is 1. The van der Waals surface area contributed by atoms with Crippen LogP contribution >= 0.6 is 0 Å². The van der Waals surface area contributed by atoms with Crippen molar-refractivity contribution in [1.82, 2.24) is 0 Å². The summed E-state index contributed by atoms with van der Waals surface area (Å²) < 4.78 is 38.4. The lowest BCUT2D eigenvalue weighted by atomic mass is 9.88. The SMILES string of the molecule is O=C(C(Cc1ccc(O)cc1)c1ccc(O)cc1)C(F)(F)F. The van der Waals surface area contributed by atoms with Gasteiger partial charge in [-0.2, -0.15) is 13.2 Å². The number of phenols is 2. The molecule has 22 heavy (non-hydrogen) atoms. The van der Waals surface area contributed by atoms with Crippen LogP contribution in [0.5, 0.6) is 11.5 Å². The van der Waals surface area contributed by atoms with E-state index in [0.29, 0.717) is 5.56 Å². The lowest BCUT2D eigenvalue weighted by molar-refractivity contribution is -0.172. The molecule has 1 atom stereocenters. The van der Waals surface area contributed by atoms with Crippen LogP contribution < -0.4 is 0 Å². The predicted molar refractivity (Wildman–Crippen MR) is 73.7 cm³/mol. The molecule has 0 saturated heterocycles. The van der Waals surface area contributed by atoms with Crippen LogP contribution in [0.2, 0.25) is 0 Å². The fraction of sp³-hybridized carbons (Fsp3) is 0.188. The van der Waals surface area contributed by atoms with Gasteiger partial charge in [0.25, 0.3) is 0 Å². The van der Waals surface area contributed by atoms with Gasteiger partial charge in [-0.25, -0.2) is 0 Å². The largest absolute Gasteiger partial charge is 0.508 e. The third kappa shape index (κ3) is 3.78. The second kappa shape index (κ2) is 6.09. The smallest absolute Gasteiger partial charge is 0.450 e. The van der Waals surface area contributed by atoms with E-state index in [1.807, 2.05) is 0 Å². The van der Waals surface area contributed by atoms with Crippen molar-refractivity contribution in [2.75, 3.05) is 0 Å². The number of hydrogen-bond acceptors (Lipinski definition) is 3. The van der Waals surface area contributed by atoms with Crippen molar-refractivity contribution in [3.63, 3.8) is 0 Å². The molecule has 0 heterocycles. The Morgan fingerprint density at radius 2 is 1.36 bits per heavy atom. The van der Waals surface area contributed by atoms with Gasteiger partial charge in [0, 0.05) is 0 Å². The van der Waals surface area contributed by atoms with Crippen LogP contribution in [0, 0.1) is 0 Å². The molecular weight excluding hydrogens is 297 g/mol. The van der Waals surface area contributed by atoms with Crippen LogP contribution in [0.1, 0.15) is 17.0 Å². The molecule has 0 spiro atoms. The zero-order valence-electron chi connectivity index (χ0n) is 11.3. The first-order valence-corrected chi connectivity index (χ1v) is 6.45. The van der Waals surface area contributed by atoms with Crippen molar-refractivity contribution in [2.45, 2.75) is 18.5 Å². The molecule has 0 fully saturated rings. The Balaban J connectivity index is 2.35. The Bertz CT molecular complexity index is 646. The van der Waals surface area contributed by atoms with Gasteiger partial charge in [-0.15, -0.1) is 0 Å². The van der Waals surface area contributed by atoms with E-state index in [2.05, 4.69) is 0 Å². The van der Waals surface area contributed by atoms with Gasteiger partial charge in [0.2, 0.25) is 5.78 Å². The number of hydrogen-bond donors (Lipinski definition) is 2. The number of ketones is 1. The molecule has 0 aromatic heterocycles. The van der Waals surface area contributed by atoms with Crippen LogP contribution in [-0.4, -0.2) is 22.2 Å². The van der Waals surface area contributed by atoms with Crippen molar-refractivity contribution in [2.24, 2.45) is 0 Å². The number of aromatic hydroxyl groups is 2. The molecule has 0 amide bonds. The molecule has 0 radical (unpaired) electrons. The van der Waals surface area contributed by atoms with Gasteiger partial charge in [0.05, 0.1) is 5.92 Å². The maximum absolute atomic E-state index is 12.8. The molecule has 2 rings (SSSR count). The molecule has 1 unspecified atom stereocenters. The zero-order chi connectivity index (χ0) is 16.3. The first kappa shape index (κ1) is 15.9. The van der Waals surface area contributed by atoms with Crippen LogP contribution in [-0.2, 0) is 11.2 Å². The molecule has 6 heteroatoms. The van der Waals surface area contributed by atoms with Crippen LogP contribution in [0.15, 0.2) is 48.5 Å². The molecule has 116 valence electrons. The van der Waals surface area contributed by atoms with Gasteiger partial charge in [0.15, 0.2) is 0 Å². The number of benzene rings is 2. The second-order valence-electron chi connectivity index (χ2n) is 4.88. The average molecular weight is 310 g/mol. The summed E-state index contributed by atoms with van der Waals surface area (Å²) in [6.45, 7) is 0. The Morgan fingerprint density at radius 3 is 1.82 bits per heavy atom. The Kier molecular flexibility index (Phi) is 4.40. The number of Topliss-reactive ketones (excluding diaryl/α,β-unsaturated/α-hetero) is 1. The summed E-state index contributed by atoms with van der Waals surface area (Å²) in [5.74, 6) is -3.34. The number of rotatable bonds is 4. The minimum atomic E-state index is -4.94. The minimum Gasteiger partial charge on any atom is -0.508 e. The molecule has 0 aliphatic rings. The number of alkyl halides is 3. The Hall–Kier alpha value is -2.50. The van der Waals surface area contributed by atoms with Crippen molar-refractivity contribution < 1.29 is 28.2 Å². The van der Waals surface area contributed by atoms with Gasteiger partial charge < -0.3 is 10.2 Å². The molecule has 0 aliphatic carbocycles. The number of phenolic OH excluding ortho intramolecular Hbond substituents is 2. The topological polar surface area (TPSA) is 57.5 Å². The summed E-state index contributed by atoms with van der Waals surface area (Å²) in [4.78, 5) is 11.7. The minimum absolute atomic E-state index is 0.00733. The van der Waals surface area contributed by atoms with Gasteiger partial charge in [-0.05, 0) is 41.8 Å². The van der Waals surface area contributed by atoms with E-state index in [9.17, 15) is 28.2 Å². The van der Waals surface area contributed by atoms with E-state index >= 15 is 0 Å². The first-order valence-electron chi connectivity index (χ1n) is 6.45. The molecular formula is C16H13F3O3. The standard InChI is InChI=1S/C16H13F3O3/c17-16(18,19)15(22)14(11-3-7-13(21)8-4-11)9-10-1-5-12(20)6-2-10/h1-8,14,20-21H,9H2. The second-order valence-corrected chi connectivity index (χ2v) is 4.88. The third-order valence-electron chi connectivity index (χ3n) is 3.27. The van der Waals surface area contributed by atoms with Gasteiger partial charge in [-0.3, -0.25) is 4.79 Å². The summed E-state index contributed by atoms with van der Waals surface area (Å²) in [5.41, 5.74) is 0.668. The highest BCUT2D eigenvalue weighted by Crippen LogP contribution is 2.31. The molecule has 0 aliphatic heterocycles. The summed E-state index contributed by atoms with van der Waals surface area (Å²) in [6.07, 6.45) is -5.09. The van der Waals surface area contributed by atoms with Gasteiger partial charge in [-0.1, -0.05) is 24.3 Å². The van der Waals surface area contributed by atoms with Crippen LogP contribution in [0.25, 0.3) is 0 Å². The van der Waals surface area contributed by atoms with Crippen molar-refractivity contribution >= 4 is 5.78 Å². The van der Waals surface area contributed by atoms with E-state index < -0.39 is 17.9 Å². The summed E-state index contributed by atoms with van der Waals surface area (Å²) >= 11 is 0. The highest BCUT2D eigenvalue weighted by atomic mass is 19.4. The maximum atomic E-state index is 12.8. The lowest BCUT2D eigenvalue weighted by Gasteiger charge is -2.18. The van der Waals surface area contributed by atoms with E-state index in [4.69, 9.17) is 0 Å². The van der Waals surface area contributed by atoms with Gasteiger partial charge >= 0.3 is 6.18 Å². The summed E-state index contributed by atoms with van der Waals surface area (Å²) in [5, 5.41) is 18.4. The molecule has 2 aromatic rings. The lowest BCUT2D eigenvalue weighted by Crippen LogP contribution is -2.30. The fourth-order valence-corrected chi connectivity index (χ4v) is 2.13. The van der Waals surface area contributed by atoms with E-state index in [0.717, 1.165) is 0 Å². The monoisotopic (exact) mass is 310 g/mol. The van der Waals surface area contributed by atoms with E-state index in [-0.39, 0.29) is 23.5 Å². The van der Waals surface area contributed by atoms with Crippen molar-refractivity contribution in [3.05, 3.63) is 59.7 Å². The third-order valence-corrected chi connectivity index (χ3v) is 3.27.